The Hall–Kier alpha value is -3.86. The fourth-order valence-electron chi connectivity index (χ4n) is 3.62. The molecule has 0 unspecified atom stereocenters. The zero-order valence-corrected chi connectivity index (χ0v) is 17.8. The Balaban J connectivity index is 1.43. The van der Waals surface area contributed by atoms with Gasteiger partial charge in [-0.25, -0.2) is 4.98 Å². The van der Waals surface area contributed by atoms with Gasteiger partial charge in [-0.05, 0) is 52.1 Å². The van der Waals surface area contributed by atoms with Crippen LogP contribution in [0.1, 0.15) is 23.1 Å². The number of rotatable bonds is 10. The van der Waals surface area contributed by atoms with Crippen molar-refractivity contribution in [1.29, 1.82) is 0 Å². The number of carboxylic acid groups (broad SMARTS) is 1. The summed E-state index contributed by atoms with van der Waals surface area (Å²) in [5, 5.41) is 14.8. The quantitative estimate of drug-likeness (QED) is 0.351. The summed E-state index contributed by atoms with van der Waals surface area (Å²) in [5.41, 5.74) is 3.17. The first-order valence-corrected chi connectivity index (χ1v) is 10.8. The lowest BCUT2D eigenvalue weighted by molar-refractivity contribution is -0.136. The van der Waals surface area contributed by atoms with Crippen molar-refractivity contribution >= 4 is 22.6 Å². The Morgan fingerprint density at radius 2 is 1.69 bits per heavy atom. The summed E-state index contributed by atoms with van der Waals surface area (Å²) in [5.74, 6) is 0.738. The smallest absolute Gasteiger partial charge is 0.303 e. The average molecular weight is 427 g/mol. The summed E-state index contributed by atoms with van der Waals surface area (Å²) in [4.78, 5) is 15.3. The van der Waals surface area contributed by atoms with Gasteiger partial charge in [-0.1, -0.05) is 60.7 Å². The molecule has 5 heteroatoms. The van der Waals surface area contributed by atoms with Crippen LogP contribution in [0, 0.1) is 0 Å². The van der Waals surface area contributed by atoms with Crippen LogP contribution in [0.15, 0.2) is 85.1 Å². The van der Waals surface area contributed by atoms with E-state index in [0.29, 0.717) is 19.6 Å². The molecule has 0 saturated heterocycles. The van der Waals surface area contributed by atoms with E-state index >= 15 is 0 Å². The number of carboxylic acids is 1. The summed E-state index contributed by atoms with van der Waals surface area (Å²) in [6, 6.07) is 26.4. The van der Waals surface area contributed by atoms with Gasteiger partial charge in [0.2, 0.25) is 0 Å². The van der Waals surface area contributed by atoms with Crippen LogP contribution in [0.4, 0.5) is 5.82 Å². The lowest BCUT2D eigenvalue weighted by Gasteiger charge is -2.14. The predicted molar refractivity (Wildman–Crippen MR) is 127 cm³/mol. The predicted octanol–water partition coefficient (Wildman–Crippen LogP) is 5.49. The van der Waals surface area contributed by atoms with Crippen molar-refractivity contribution < 1.29 is 14.6 Å². The van der Waals surface area contributed by atoms with Crippen molar-refractivity contribution in [2.45, 2.75) is 25.8 Å². The lowest BCUT2D eigenvalue weighted by atomic mass is 10.0. The maximum atomic E-state index is 11.1. The van der Waals surface area contributed by atoms with Crippen LogP contribution in [0.3, 0.4) is 0 Å². The molecule has 162 valence electrons. The van der Waals surface area contributed by atoms with Gasteiger partial charge in [-0.2, -0.15) is 0 Å². The number of aryl methyl sites for hydroxylation is 1. The van der Waals surface area contributed by atoms with Gasteiger partial charge in [-0.3, -0.25) is 4.79 Å². The van der Waals surface area contributed by atoms with Gasteiger partial charge < -0.3 is 15.2 Å². The lowest BCUT2D eigenvalue weighted by Crippen LogP contribution is -2.07. The molecule has 0 atom stereocenters. The maximum Gasteiger partial charge on any atom is 0.303 e. The number of pyridine rings is 1. The van der Waals surface area contributed by atoms with Crippen molar-refractivity contribution in [3.8, 4) is 5.75 Å². The van der Waals surface area contributed by atoms with Crippen LogP contribution >= 0.6 is 0 Å². The third-order valence-electron chi connectivity index (χ3n) is 5.34. The second-order valence-corrected chi connectivity index (χ2v) is 7.68. The Labute approximate surface area is 187 Å². The SMILES string of the molecule is O=C(O)CCc1ccc(CNc2ccccn2)cc1OCCc1ccc2ccccc2c1. The first kappa shape index (κ1) is 21.4. The van der Waals surface area contributed by atoms with E-state index in [0.717, 1.165) is 29.1 Å². The van der Waals surface area contributed by atoms with E-state index in [1.54, 1.807) is 6.20 Å². The Morgan fingerprint density at radius 1 is 0.875 bits per heavy atom. The third kappa shape index (κ3) is 5.85. The second-order valence-electron chi connectivity index (χ2n) is 7.68. The average Bonchev–Trinajstić information content (AvgIpc) is 2.82. The van der Waals surface area contributed by atoms with Crippen LogP contribution in [0.5, 0.6) is 5.75 Å². The molecule has 1 aromatic heterocycles. The largest absolute Gasteiger partial charge is 0.493 e. The van der Waals surface area contributed by atoms with Gasteiger partial charge >= 0.3 is 5.97 Å². The summed E-state index contributed by atoms with van der Waals surface area (Å²) in [6.07, 6.45) is 3.04. The van der Waals surface area contributed by atoms with Crippen LogP contribution < -0.4 is 10.1 Å². The number of aromatic nitrogens is 1. The minimum absolute atomic E-state index is 0.0760. The van der Waals surface area contributed by atoms with E-state index in [9.17, 15) is 4.79 Å². The summed E-state index contributed by atoms with van der Waals surface area (Å²) in [7, 11) is 0. The van der Waals surface area contributed by atoms with E-state index in [1.807, 2.05) is 48.5 Å². The first-order chi connectivity index (χ1) is 15.7. The van der Waals surface area contributed by atoms with Crippen molar-refractivity contribution in [2.24, 2.45) is 0 Å². The van der Waals surface area contributed by atoms with Gasteiger partial charge in [0.1, 0.15) is 11.6 Å². The standard InChI is InChI=1S/C27H26N2O3/c30-27(31)13-12-23-11-9-21(19-29-26-7-3-4-15-28-26)18-25(23)32-16-14-20-8-10-22-5-1-2-6-24(22)17-20/h1-11,15,17-18H,12-14,16,19H2,(H,28,29)(H,30,31). The van der Waals surface area contributed by atoms with Crippen molar-refractivity contribution in [3.05, 3.63) is 102 Å². The Kier molecular flexibility index (Phi) is 6.98. The van der Waals surface area contributed by atoms with Gasteiger partial charge in [0.05, 0.1) is 6.61 Å². The minimum Gasteiger partial charge on any atom is -0.493 e. The highest BCUT2D eigenvalue weighted by molar-refractivity contribution is 5.83. The molecule has 4 aromatic rings. The molecule has 0 saturated carbocycles. The Bertz CT molecular complexity index is 1190. The Morgan fingerprint density at radius 3 is 2.50 bits per heavy atom. The van der Waals surface area contributed by atoms with Gasteiger partial charge in [0, 0.05) is 25.6 Å². The number of ether oxygens (including phenoxy) is 1. The van der Waals surface area contributed by atoms with Crippen LogP contribution in [-0.4, -0.2) is 22.7 Å². The van der Waals surface area contributed by atoms with E-state index in [1.165, 1.54) is 16.3 Å². The van der Waals surface area contributed by atoms with E-state index < -0.39 is 5.97 Å². The molecule has 0 spiro atoms. The van der Waals surface area contributed by atoms with E-state index in [-0.39, 0.29) is 6.42 Å². The van der Waals surface area contributed by atoms with Gasteiger partial charge in [0.15, 0.2) is 0 Å². The zero-order chi connectivity index (χ0) is 22.2. The molecule has 4 rings (SSSR count). The number of nitrogens with zero attached hydrogens (tertiary/aromatic N) is 1. The van der Waals surface area contributed by atoms with Gasteiger partial charge in [-0.15, -0.1) is 0 Å². The molecule has 0 aliphatic rings. The number of fused-ring (bicyclic) bond motifs is 1. The molecule has 0 aliphatic carbocycles. The molecule has 3 aromatic carbocycles. The molecular formula is C27H26N2O3. The molecule has 0 fully saturated rings. The molecular weight excluding hydrogens is 400 g/mol. The number of anilines is 1. The number of aliphatic carboxylic acids is 1. The fourth-order valence-corrected chi connectivity index (χ4v) is 3.62. The third-order valence-corrected chi connectivity index (χ3v) is 5.34. The normalized spacial score (nSPS) is 10.8. The van der Waals surface area contributed by atoms with E-state index in [2.05, 4.69) is 40.6 Å². The highest BCUT2D eigenvalue weighted by atomic mass is 16.5. The van der Waals surface area contributed by atoms with Crippen LogP contribution in [0.2, 0.25) is 0 Å². The molecule has 0 amide bonds. The topological polar surface area (TPSA) is 71.5 Å². The highest BCUT2D eigenvalue weighted by Crippen LogP contribution is 2.24. The molecule has 5 nitrogen and oxygen atoms in total. The van der Waals surface area contributed by atoms with Crippen LogP contribution in [-0.2, 0) is 24.2 Å². The summed E-state index contributed by atoms with van der Waals surface area (Å²) >= 11 is 0. The van der Waals surface area contributed by atoms with Crippen molar-refractivity contribution in [1.82, 2.24) is 4.98 Å². The van der Waals surface area contributed by atoms with Crippen molar-refractivity contribution in [2.75, 3.05) is 11.9 Å². The summed E-state index contributed by atoms with van der Waals surface area (Å²) < 4.78 is 6.14. The molecule has 32 heavy (non-hydrogen) atoms. The summed E-state index contributed by atoms with van der Waals surface area (Å²) in [6.45, 7) is 1.13. The monoisotopic (exact) mass is 426 g/mol. The molecule has 0 aliphatic heterocycles. The van der Waals surface area contributed by atoms with Crippen LogP contribution in [0.25, 0.3) is 10.8 Å². The van der Waals surface area contributed by atoms with Crippen molar-refractivity contribution in [3.63, 3.8) is 0 Å². The minimum atomic E-state index is -0.812. The maximum absolute atomic E-state index is 11.1. The fraction of sp³-hybridized carbons (Fsp3) is 0.185. The van der Waals surface area contributed by atoms with Gasteiger partial charge in [0.25, 0.3) is 0 Å². The number of hydrogen-bond acceptors (Lipinski definition) is 4. The molecule has 2 N–H and O–H groups in total. The zero-order valence-electron chi connectivity index (χ0n) is 17.8. The number of carbonyl (C=O) groups is 1. The van der Waals surface area contributed by atoms with E-state index in [4.69, 9.17) is 9.84 Å². The first-order valence-electron chi connectivity index (χ1n) is 10.8. The second kappa shape index (κ2) is 10.4. The highest BCUT2D eigenvalue weighted by Gasteiger charge is 2.09. The number of benzene rings is 3. The molecule has 1 heterocycles. The number of hydrogen-bond donors (Lipinski definition) is 2. The number of nitrogens with one attached hydrogen (secondary N) is 1. The molecule has 0 bridgehead atoms. The molecule has 0 radical (unpaired) electrons.